The molecule has 186 valence electrons. The Bertz CT molecular complexity index is 1060. The Hall–Kier alpha value is -2.35. The molecule has 1 saturated heterocycles. The Balaban J connectivity index is 2.11. The van der Waals surface area contributed by atoms with Gasteiger partial charge in [-0.2, -0.15) is 0 Å². The summed E-state index contributed by atoms with van der Waals surface area (Å²) in [6, 6.07) is 0. The van der Waals surface area contributed by atoms with E-state index in [2.05, 4.69) is 6.58 Å². The largest absolute Gasteiger partial charge is 0.468 e. The van der Waals surface area contributed by atoms with Gasteiger partial charge in [0.25, 0.3) is 0 Å². The van der Waals surface area contributed by atoms with Crippen LogP contribution in [-0.4, -0.2) is 53.7 Å². The molecule has 4 aliphatic rings. The van der Waals surface area contributed by atoms with Gasteiger partial charge >= 0.3 is 11.9 Å². The lowest BCUT2D eigenvalue weighted by Crippen LogP contribution is -2.80. The predicted octanol–water partition coefficient (Wildman–Crippen LogP) is 2.20. The lowest BCUT2D eigenvalue weighted by atomic mass is 9.30. The number of aliphatic hydroxyl groups is 1. The molecule has 1 heterocycles. The van der Waals surface area contributed by atoms with Gasteiger partial charge in [0.2, 0.25) is 0 Å². The molecule has 0 aromatic rings. The van der Waals surface area contributed by atoms with Gasteiger partial charge in [0.15, 0.2) is 23.1 Å². The lowest BCUT2D eigenvalue weighted by Gasteiger charge is -2.71. The molecule has 8 nitrogen and oxygen atoms in total. The third-order valence-corrected chi connectivity index (χ3v) is 10.3. The van der Waals surface area contributed by atoms with Crippen molar-refractivity contribution in [3.8, 4) is 0 Å². The average Bonchev–Trinajstić information content (AvgIpc) is 2.76. The van der Waals surface area contributed by atoms with Crippen molar-refractivity contribution < 1.29 is 38.6 Å². The Labute approximate surface area is 199 Å². The fourth-order valence-corrected chi connectivity index (χ4v) is 8.51. The van der Waals surface area contributed by atoms with E-state index in [1.54, 1.807) is 20.8 Å². The van der Waals surface area contributed by atoms with E-state index < -0.39 is 74.6 Å². The zero-order chi connectivity index (χ0) is 25.8. The van der Waals surface area contributed by atoms with Gasteiger partial charge in [-0.15, -0.1) is 0 Å². The molecule has 8 heteroatoms. The van der Waals surface area contributed by atoms with Crippen molar-refractivity contribution in [3.63, 3.8) is 0 Å². The summed E-state index contributed by atoms with van der Waals surface area (Å²) in [5.74, 6) is -4.58. The summed E-state index contributed by atoms with van der Waals surface area (Å²) in [6.07, 6.45) is -2.29. The molecule has 4 fully saturated rings. The molecule has 34 heavy (non-hydrogen) atoms. The third-order valence-electron chi connectivity index (χ3n) is 10.3. The normalized spacial score (nSPS) is 47.8. The maximum atomic E-state index is 14.0. The van der Waals surface area contributed by atoms with Crippen LogP contribution in [0.15, 0.2) is 12.2 Å². The van der Waals surface area contributed by atoms with Gasteiger partial charge < -0.3 is 14.6 Å². The summed E-state index contributed by atoms with van der Waals surface area (Å²) < 4.78 is 10.5. The van der Waals surface area contributed by atoms with Crippen molar-refractivity contribution in [2.75, 3.05) is 7.11 Å². The number of fused-ring (bicyclic) bond motifs is 5. The number of methoxy groups -OCH3 is 1. The maximum Gasteiger partial charge on any atom is 0.321 e. The molecule has 0 amide bonds. The molecule has 3 aliphatic carbocycles. The first-order chi connectivity index (χ1) is 15.5. The van der Waals surface area contributed by atoms with E-state index in [9.17, 15) is 29.1 Å². The molecule has 0 radical (unpaired) electrons. The predicted molar refractivity (Wildman–Crippen MR) is 119 cm³/mol. The van der Waals surface area contributed by atoms with Crippen LogP contribution in [-0.2, 0) is 33.4 Å². The zero-order valence-electron chi connectivity index (χ0n) is 20.9. The smallest absolute Gasteiger partial charge is 0.321 e. The van der Waals surface area contributed by atoms with Crippen molar-refractivity contribution >= 4 is 29.3 Å². The summed E-state index contributed by atoms with van der Waals surface area (Å²) in [5, 5.41) is 11.7. The monoisotopic (exact) mass is 474 g/mol. The van der Waals surface area contributed by atoms with E-state index in [1.807, 2.05) is 6.92 Å². The van der Waals surface area contributed by atoms with Crippen LogP contribution >= 0.6 is 0 Å². The summed E-state index contributed by atoms with van der Waals surface area (Å²) >= 11 is 0. The molecule has 1 N–H and O–H groups in total. The van der Waals surface area contributed by atoms with Crippen LogP contribution in [0.2, 0.25) is 0 Å². The van der Waals surface area contributed by atoms with Gasteiger partial charge in [-0.25, -0.2) is 0 Å². The van der Waals surface area contributed by atoms with Crippen LogP contribution in [0.4, 0.5) is 0 Å². The first kappa shape index (κ1) is 24.8. The summed E-state index contributed by atoms with van der Waals surface area (Å²) in [4.78, 5) is 68.0. The molecule has 8 atom stereocenters. The molecule has 0 aromatic carbocycles. The quantitative estimate of drug-likeness (QED) is 0.348. The van der Waals surface area contributed by atoms with Crippen LogP contribution in [0.5, 0.6) is 0 Å². The number of hydrogen-bond acceptors (Lipinski definition) is 8. The second-order valence-corrected chi connectivity index (χ2v) is 11.8. The summed E-state index contributed by atoms with van der Waals surface area (Å²) in [6.45, 7) is 13.8. The molecule has 0 unspecified atom stereocenters. The zero-order valence-corrected chi connectivity index (χ0v) is 20.9. The Morgan fingerprint density at radius 3 is 2.26 bits per heavy atom. The first-order valence-electron chi connectivity index (χ1n) is 11.8. The number of cyclic esters (lactones) is 1. The molecule has 0 bridgehead atoms. The minimum Gasteiger partial charge on any atom is -0.468 e. The Morgan fingerprint density at radius 2 is 1.71 bits per heavy atom. The van der Waals surface area contributed by atoms with E-state index in [0.29, 0.717) is 12.0 Å². The van der Waals surface area contributed by atoms with Gasteiger partial charge in [0.05, 0.1) is 7.11 Å². The maximum absolute atomic E-state index is 14.0. The van der Waals surface area contributed by atoms with Gasteiger partial charge in [-0.1, -0.05) is 39.8 Å². The van der Waals surface area contributed by atoms with Crippen molar-refractivity contribution in [2.24, 2.45) is 38.9 Å². The highest BCUT2D eigenvalue weighted by Crippen LogP contribution is 2.75. The third kappa shape index (κ3) is 2.27. The first-order valence-corrected chi connectivity index (χ1v) is 11.8. The molecule has 3 saturated carbocycles. The topological polar surface area (TPSA) is 124 Å². The minimum absolute atomic E-state index is 0.0628. The van der Waals surface area contributed by atoms with Crippen molar-refractivity contribution in [1.29, 1.82) is 0 Å². The number of Topliss-reactive ketones (excluding diaryl/α,β-unsaturated/α-hetero) is 3. The molecule has 0 aromatic heterocycles. The SMILES string of the molecule is C=C1C[C@H]2[C@]3(C)CCC(=O)C(C)(C)[C@H]3C(=O)[C@@H](O)[C@]2(C)[C@]2(C(=O)OC)C(=O)[C@@H](C)OC(=O)[C@]12C. The molecule has 4 rings (SSSR count). The highest BCUT2D eigenvalue weighted by molar-refractivity contribution is 6.16. The summed E-state index contributed by atoms with van der Waals surface area (Å²) in [5.41, 5.74) is -7.30. The van der Waals surface area contributed by atoms with Crippen LogP contribution in [0.1, 0.15) is 60.8 Å². The highest BCUT2D eigenvalue weighted by atomic mass is 16.6. The van der Waals surface area contributed by atoms with Crippen LogP contribution in [0.3, 0.4) is 0 Å². The van der Waals surface area contributed by atoms with E-state index in [1.165, 1.54) is 13.8 Å². The second kappa shape index (κ2) is 6.86. The Morgan fingerprint density at radius 1 is 1.12 bits per heavy atom. The number of aliphatic hydroxyl groups excluding tert-OH is 1. The van der Waals surface area contributed by atoms with Crippen LogP contribution in [0.25, 0.3) is 0 Å². The molecule has 1 aliphatic heterocycles. The van der Waals surface area contributed by atoms with Gasteiger partial charge in [-0.05, 0) is 38.0 Å². The lowest BCUT2D eigenvalue weighted by molar-refractivity contribution is -0.255. The number of carbonyl (C=O) groups is 5. The van der Waals surface area contributed by atoms with Crippen molar-refractivity contribution in [1.82, 2.24) is 0 Å². The van der Waals surface area contributed by atoms with Gasteiger partial charge in [0, 0.05) is 23.2 Å². The van der Waals surface area contributed by atoms with E-state index in [4.69, 9.17) is 9.47 Å². The number of ether oxygens (including phenoxy) is 2. The van der Waals surface area contributed by atoms with Crippen LogP contribution in [0, 0.1) is 38.9 Å². The fourth-order valence-electron chi connectivity index (χ4n) is 8.51. The molecular formula is C26H34O8. The van der Waals surface area contributed by atoms with Crippen LogP contribution < -0.4 is 0 Å². The van der Waals surface area contributed by atoms with E-state index in [0.717, 1.165) is 7.11 Å². The van der Waals surface area contributed by atoms with Crippen molar-refractivity contribution in [3.05, 3.63) is 12.2 Å². The van der Waals surface area contributed by atoms with E-state index in [-0.39, 0.29) is 18.6 Å². The van der Waals surface area contributed by atoms with Gasteiger partial charge in [-0.3, -0.25) is 24.0 Å². The molecular weight excluding hydrogens is 440 g/mol. The number of hydrogen-bond donors (Lipinski definition) is 1. The van der Waals surface area contributed by atoms with Gasteiger partial charge in [0.1, 0.15) is 17.3 Å². The minimum atomic E-state index is -2.22. The molecule has 0 spiro atoms. The Kier molecular flexibility index (Phi) is 5.00. The summed E-state index contributed by atoms with van der Waals surface area (Å²) in [7, 11) is 1.12. The van der Waals surface area contributed by atoms with Crippen molar-refractivity contribution in [2.45, 2.75) is 73.0 Å². The van der Waals surface area contributed by atoms with E-state index >= 15 is 0 Å². The fraction of sp³-hybridized carbons (Fsp3) is 0.731. The highest BCUT2D eigenvalue weighted by Gasteiger charge is 2.85. The average molecular weight is 475 g/mol. The number of rotatable bonds is 1. The number of carbonyl (C=O) groups excluding carboxylic acids is 5. The second-order valence-electron chi connectivity index (χ2n) is 11.8. The standard InChI is InChI=1S/C26H34O8/c1-12-11-14-23(5)10-9-15(27)22(3,4)17(23)16(28)19(30)25(14,7)26(21(32)33-8)18(29)13(2)34-20(31)24(12,26)6/h13-14,17,19,30H,1,9-11H2,2-8H3/t13-,14+,17-,19-,23+,24+,25-,26+/m1/s1. The number of ketones is 3. The number of esters is 2.